The molecule has 0 aliphatic rings. The summed E-state index contributed by atoms with van der Waals surface area (Å²) in [5, 5.41) is 5.45. The predicted molar refractivity (Wildman–Crippen MR) is 76.7 cm³/mol. The molecule has 2 aromatic heterocycles. The fraction of sp³-hybridized carbons (Fsp3) is 0.267. The van der Waals surface area contributed by atoms with Crippen molar-refractivity contribution < 1.29 is 0 Å². The van der Waals surface area contributed by atoms with E-state index < -0.39 is 0 Å². The van der Waals surface area contributed by atoms with Crippen LogP contribution < -0.4 is 5.73 Å². The molecular weight excluding hydrogens is 236 g/mol. The molecule has 0 amide bonds. The average molecular weight is 254 g/mol. The highest BCUT2D eigenvalue weighted by Gasteiger charge is 2.03. The van der Waals surface area contributed by atoms with E-state index >= 15 is 0 Å². The van der Waals surface area contributed by atoms with E-state index in [1.807, 2.05) is 17.9 Å². The number of hydrogen-bond acceptors (Lipinski definition) is 2. The molecule has 0 bridgehead atoms. The third-order valence-corrected chi connectivity index (χ3v) is 3.47. The Morgan fingerprint density at radius 3 is 2.84 bits per heavy atom. The number of nitrogens with two attached hydrogens (primary N) is 1. The van der Waals surface area contributed by atoms with Gasteiger partial charge in [-0.2, -0.15) is 5.10 Å². The van der Waals surface area contributed by atoms with Gasteiger partial charge in [0.2, 0.25) is 0 Å². The second-order valence-corrected chi connectivity index (χ2v) is 4.88. The number of aromatic nitrogens is 3. The highest BCUT2D eigenvalue weighted by atomic mass is 15.2. The normalized spacial score (nSPS) is 11.3. The number of fused-ring (bicyclic) bond motifs is 1. The second kappa shape index (κ2) is 4.90. The highest BCUT2D eigenvalue weighted by molar-refractivity contribution is 5.80. The molecule has 2 N–H and O–H groups in total. The third-order valence-electron chi connectivity index (χ3n) is 3.47. The number of rotatable bonds is 4. The minimum absolute atomic E-state index is 0.594. The Morgan fingerprint density at radius 2 is 2.11 bits per heavy atom. The fourth-order valence-corrected chi connectivity index (χ4v) is 2.42. The Bertz CT molecular complexity index is 693. The second-order valence-electron chi connectivity index (χ2n) is 4.88. The van der Waals surface area contributed by atoms with E-state index in [-0.39, 0.29) is 0 Å². The first kappa shape index (κ1) is 12.0. The van der Waals surface area contributed by atoms with E-state index in [9.17, 15) is 0 Å². The lowest BCUT2D eigenvalue weighted by molar-refractivity contribution is 0.720. The van der Waals surface area contributed by atoms with Crippen molar-refractivity contribution in [1.29, 1.82) is 0 Å². The van der Waals surface area contributed by atoms with E-state index in [0.29, 0.717) is 6.54 Å². The molecule has 2 heterocycles. The van der Waals surface area contributed by atoms with Gasteiger partial charge in [-0.1, -0.05) is 6.07 Å². The summed E-state index contributed by atoms with van der Waals surface area (Å²) >= 11 is 0. The zero-order chi connectivity index (χ0) is 13.2. The van der Waals surface area contributed by atoms with Crippen LogP contribution in [0.4, 0.5) is 0 Å². The Kier molecular flexibility index (Phi) is 3.09. The lowest BCUT2D eigenvalue weighted by Gasteiger charge is -2.05. The summed E-state index contributed by atoms with van der Waals surface area (Å²) in [6.07, 6.45) is 7.13. The van der Waals surface area contributed by atoms with Crippen LogP contribution in [0.15, 0.2) is 42.9 Å². The van der Waals surface area contributed by atoms with Gasteiger partial charge >= 0.3 is 0 Å². The number of hydrogen-bond donors (Lipinski definition) is 1. The summed E-state index contributed by atoms with van der Waals surface area (Å²) in [6, 6.07) is 8.57. The molecule has 19 heavy (non-hydrogen) atoms. The molecule has 4 nitrogen and oxygen atoms in total. The van der Waals surface area contributed by atoms with Crippen molar-refractivity contribution in [3.63, 3.8) is 0 Å². The molecule has 0 fully saturated rings. The van der Waals surface area contributed by atoms with Crippen LogP contribution in [0.1, 0.15) is 11.1 Å². The van der Waals surface area contributed by atoms with Gasteiger partial charge in [0.1, 0.15) is 0 Å². The van der Waals surface area contributed by atoms with Crippen LogP contribution in [-0.4, -0.2) is 14.3 Å². The summed E-state index contributed by atoms with van der Waals surface area (Å²) in [5.74, 6) is 0. The Labute approximate surface area is 112 Å². The first-order valence-electron chi connectivity index (χ1n) is 6.51. The van der Waals surface area contributed by atoms with E-state index in [1.54, 1.807) is 0 Å². The molecular formula is C15H18N4. The predicted octanol–water partition coefficient (Wildman–Crippen LogP) is 2.08. The van der Waals surface area contributed by atoms with Crippen molar-refractivity contribution in [3.8, 4) is 0 Å². The molecule has 98 valence electrons. The van der Waals surface area contributed by atoms with Crippen LogP contribution in [0.2, 0.25) is 0 Å². The van der Waals surface area contributed by atoms with Gasteiger partial charge in [0, 0.05) is 38.0 Å². The maximum absolute atomic E-state index is 5.67. The Balaban J connectivity index is 1.81. The van der Waals surface area contributed by atoms with Gasteiger partial charge in [0.15, 0.2) is 0 Å². The molecule has 3 rings (SSSR count). The van der Waals surface area contributed by atoms with E-state index in [1.165, 1.54) is 22.0 Å². The van der Waals surface area contributed by atoms with Gasteiger partial charge in [-0.05, 0) is 41.1 Å². The van der Waals surface area contributed by atoms with Crippen LogP contribution in [0.25, 0.3) is 10.9 Å². The van der Waals surface area contributed by atoms with Gasteiger partial charge < -0.3 is 10.3 Å². The van der Waals surface area contributed by atoms with Crippen LogP contribution in [0.5, 0.6) is 0 Å². The van der Waals surface area contributed by atoms with Crippen LogP contribution in [0.3, 0.4) is 0 Å². The molecule has 3 aromatic rings. The van der Waals surface area contributed by atoms with Crippen molar-refractivity contribution in [3.05, 3.63) is 54.0 Å². The van der Waals surface area contributed by atoms with Gasteiger partial charge in [-0.25, -0.2) is 0 Å². The highest BCUT2D eigenvalue weighted by Crippen LogP contribution is 2.18. The lowest BCUT2D eigenvalue weighted by atomic mass is 10.1. The van der Waals surface area contributed by atoms with E-state index in [0.717, 1.165) is 13.0 Å². The maximum Gasteiger partial charge on any atom is 0.0522 e. The Morgan fingerprint density at radius 1 is 1.21 bits per heavy atom. The van der Waals surface area contributed by atoms with Crippen LogP contribution >= 0.6 is 0 Å². The average Bonchev–Trinajstić information content (AvgIpc) is 3.02. The van der Waals surface area contributed by atoms with Gasteiger partial charge in [0.05, 0.1) is 6.20 Å². The van der Waals surface area contributed by atoms with Crippen molar-refractivity contribution >= 4 is 10.9 Å². The SMILES string of the molecule is Cn1cc(CCn2ccc3cc(CN)ccc32)cn1. The summed E-state index contributed by atoms with van der Waals surface area (Å²) in [6.45, 7) is 1.56. The molecule has 0 aliphatic heterocycles. The summed E-state index contributed by atoms with van der Waals surface area (Å²) in [7, 11) is 1.95. The van der Waals surface area contributed by atoms with E-state index in [4.69, 9.17) is 5.73 Å². The van der Waals surface area contributed by atoms with Gasteiger partial charge in [-0.15, -0.1) is 0 Å². The third kappa shape index (κ3) is 2.39. The molecule has 0 saturated carbocycles. The van der Waals surface area contributed by atoms with Crippen LogP contribution in [-0.2, 0) is 26.6 Å². The molecule has 0 radical (unpaired) electrons. The molecule has 4 heteroatoms. The first-order valence-corrected chi connectivity index (χ1v) is 6.51. The Hall–Kier alpha value is -2.07. The zero-order valence-electron chi connectivity index (χ0n) is 11.1. The largest absolute Gasteiger partial charge is 0.347 e. The molecule has 0 atom stereocenters. The first-order chi connectivity index (χ1) is 9.26. The minimum atomic E-state index is 0.594. The maximum atomic E-state index is 5.67. The molecule has 0 spiro atoms. The number of aryl methyl sites for hydroxylation is 3. The van der Waals surface area contributed by atoms with Crippen molar-refractivity contribution in [1.82, 2.24) is 14.3 Å². The summed E-state index contributed by atoms with van der Waals surface area (Å²) in [4.78, 5) is 0. The number of nitrogens with zero attached hydrogens (tertiary/aromatic N) is 3. The standard InChI is InChI=1S/C15H18N4/c1-18-11-13(10-17-18)4-6-19-7-5-14-8-12(9-16)2-3-15(14)19/h2-3,5,7-8,10-11H,4,6,9,16H2,1H3. The summed E-state index contributed by atoms with van der Waals surface area (Å²) in [5.41, 5.74) is 9.38. The lowest BCUT2D eigenvalue weighted by Crippen LogP contribution is -2.00. The fourth-order valence-electron chi connectivity index (χ4n) is 2.42. The summed E-state index contributed by atoms with van der Waals surface area (Å²) < 4.78 is 4.12. The molecule has 0 aliphatic carbocycles. The zero-order valence-corrected chi connectivity index (χ0v) is 11.1. The quantitative estimate of drug-likeness (QED) is 0.775. The molecule has 0 unspecified atom stereocenters. The minimum Gasteiger partial charge on any atom is -0.347 e. The number of benzene rings is 1. The molecule has 1 aromatic carbocycles. The molecule has 0 saturated heterocycles. The van der Waals surface area contributed by atoms with Crippen molar-refractivity contribution in [2.45, 2.75) is 19.5 Å². The van der Waals surface area contributed by atoms with Gasteiger partial charge in [0.25, 0.3) is 0 Å². The van der Waals surface area contributed by atoms with Crippen molar-refractivity contribution in [2.75, 3.05) is 0 Å². The topological polar surface area (TPSA) is 48.8 Å². The smallest absolute Gasteiger partial charge is 0.0522 e. The van der Waals surface area contributed by atoms with Crippen molar-refractivity contribution in [2.24, 2.45) is 12.8 Å². The van der Waals surface area contributed by atoms with Crippen LogP contribution in [0, 0.1) is 0 Å². The van der Waals surface area contributed by atoms with Gasteiger partial charge in [-0.3, -0.25) is 4.68 Å². The monoisotopic (exact) mass is 254 g/mol. The van der Waals surface area contributed by atoms with E-state index in [2.05, 4.69) is 46.3 Å².